The Morgan fingerprint density at radius 1 is 1.40 bits per heavy atom. The average Bonchev–Trinajstić information content (AvgIpc) is 3.17. The number of aromatic amines is 1. The summed E-state index contributed by atoms with van der Waals surface area (Å²) in [5.41, 5.74) is 0. The molecule has 108 valence electrons. The van der Waals surface area contributed by atoms with E-state index < -0.39 is 0 Å². The fourth-order valence-corrected chi connectivity index (χ4v) is 3.04. The van der Waals surface area contributed by atoms with Crippen LogP contribution in [0.2, 0.25) is 0 Å². The number of rotatable bonds is 4. The first-order chi connectivity index (χ1) is 9.74. The van der Waals surface area contributed by atoms with E-state index in [1.54, 1.807) is 0 Å². The molecule has 0 aromatic carbocycles. The van der Waals surface area contributed by atoms with Crippen LogP contribution in [0.25, 0.3) is 0 Å². The molecule has 1 aliphatic carbocycles. The Morgan fingerprint density at radius 2 is 2.20 bits per heavy atom. The van der Waals surface area contributed by atoms with Crippen molar-refractivity contribution in [2.45, 2.75) is 44.7 Å². The monoisotopic (exact) mass is 278 g/mol. The number of carbonyl (C=O) groups is 2. The second-order valence-corrected chi connectivity index (χ2v) is 5.43. The van der Waals surface area contributed by atoms with Gasteiger partial charge in [-0.1, -0.05) is 18.1 Å². The molecule has 2 amide bonds. The van der Waals surface area contributed by atoms with E-state index in [1.807, 2.05) is 4.90 Å². The molecule has 1 unspecified atom stereocenters. The van der Waals surface area contributed by atoms with Crippen LogP contribution in [-0.2, 0) is 16.1 Å². The zero-order valence-electron chi connectivity index (χ0n) is 11.2. The van der Waals surface area contributed by atoms with Gasteiger partial charge in [-0.3, -0.25) is 9.59 Å². The van der Waals surface area contributed by atoms with Gasteiger partial charge in [-0.15, -0.1) is 10.2 Å². The Hall–Kier alpha value is -1.99. The number of carbonyl (C=O) groups excluding carboxylic acids is 2. The van der Waals surface area contributed by atoms with Gasteiger partial charge in [0.15, 0.2) is 5.82 Å². The van der Waals surface area contributed by atoms with Crippen LogP contribution < -0.4 is 5.32 Å². The predicted octanol–water partition coefficient (Wildman–Crippen LogP) is -0.393. The molecule has 0 spiro atoms. The summed E-state index contributed by atoms with van der Waals surface area (Å²) in [6.07, 6.45) is 4.83. The molecular formula is C12H18N6O2. The van der Waals surface area contributed by atoms with Crippen molar-refractivity contribution in [3.05, 3.63) is 5.82 Å². The summed E-state index contributed by atoms with van der Waals surface area (Å²) >= 11 is 0. The molecule has 1 saturated carbocycles. The number of amides is 2. The van der Waals surface area contributed by atoms with Gasteiger partial charge in [0, 0.05) is 19.0 Å². The lowest BCUT2D eigenvalue weighted by molar-refractivity contribution is -0.130. The minimum atomic E-state index is -0.255. The number of hydrogen-bond donors (Lipinski definition) is 2. The molecule has 3 rings (SSSR count). The maximum absolute atomic E-state index is 12.1. The van der Waals surface area contributed by atoms with E-state index in [-0.39, 0.29) is 24.3 Å². The van der Waals surface area contributed by atoms with E-state index in [9.17, 15) is 9.59 Å². The van der Waals surface area contributed by atoms with Crippen LogP contribution in [0.3, 0.4) is 0 Å². The Bertz CT molecular complexity index is 482. The summed E-state index contributed by atoms with van der Waals surface area (Å²) in [5.74, 6) is 0.186. The summed E-state index contributed by atoms with van der Waals surface area (Å²) in [4.78, 5) is 26.0. The SMILES string of the molecule is O=C(NCc1nn[nH]n1)C1CC(=O)N(C2CCCC2)C1. The molecule has 1 aromatic heterocycles. The molecule has 2 heterocycles. The number of aromatic nitrogens is 4. The van der Waals surface area contributed by atoms with Crippen molar-refractivity contribution in [2.75, 3.05) is 6.54 Å². The van der Waals surface area contributed by atoms with Crippen LogP contribution in [-0.4, -0.2) is 49.9 Å². The smallest absolute Gasteiger partial charge is 0.225 e. The summed E-state index contributed by atoms with van der Waals surface area (Å²) in [7, 11) is 0. The number of H-pyrrole nitrogens is 1. The second kappa shape index (κ2) is 5.56. The molecule has 2 N–H and O–H groups in total. The van der Waals surface area contributed by atoms with Gasteiger partial charge in [-0.25, -0.2) is 0 Å². The molecule has 1 atom stereocenters. The first-order valence-corrected chi connectivity index (χ1v) is 7.03. The van der Waals surface area contributed by atoms with Crippen molar-refractivity contribution in [3.63, 3.8) is 0 Å². The largest absolute Gasteiger partial charge is 0.348 e. The molecule has 2 fully saturated rings. The van der Waals surface area contributed by atoms with Crippen molar-refractivity contribution >= 4 is 11.8 Å². The van der Waals surface area contributed by atoms with Crippen LogP contribution in [0.15, 0.2) is 0 Å². The quantitative estimate of drug-likeness (QED) is 0.780. The molecule has 0 bridgehead atoms. The van der Waals surface area contributed by atoms with Crippen LogP contribution >= 0.6 is 0 Å². The third kappa shape index (κ3) is 2.63. The summed E-state index contributed by atoms with van der Waals surface area (Å²) in [6, 6.07) is 0.345. The number of tetrazole rings is 1. The lowest BCUT2D eigenvalue weighted by Gasteiger charge is -2.23. The fraction of sp³-hybridized carbons (Fsp3) is 0.750. The van der Waals surface area contributed by atoms with Gasteiger partial charge in [0.05, 0.1) is 12.5 Å². The molecule has 1 saturated heterocycles. The van der Waals surface area contributed by atoms with Crippen molar-refractivity contribution in [2.24, 2.45) is 5.92 Å². The Labute approximate surface area is 116 Å². The third-order valence-electron chi connectivity index (χ3n) is 4.10. The zero-order valence-corrected chi connectivity index (χ0v) is 11.2. The zero-order chi connectivity index (χ0) is 13.9. The van der Waals surface area contributed by atoms with E-state index >= 15 is 0 Å². The predicted molar refractivity (Wildman–Crippen MR) is 68.1 cm³/mol. The molecular weight excluding hydrogens is 260 g/mol. The van der Waals surface area contributed by atoms with Gasteiger partial charge in [0.2, 0.25) is 11.8 Å². The van der Waals surface area contributed by atoms with Crippen molar-refractivity contribution in [3.8, 4) is 0 Å². The molecule has 20 heavy (non-hydrogen) atoms. The van der Waals surface area contributed by atoms with Gasteiger partial charge in [0.25, 0.3) is 0 Å². The molecule has 8 heteroatoms. The van der Waals surface area contributed by atoms with Crippen LogP contribution in [0.4, 0.5) is 0 Å². The molecule has 1 aromatic rings. The topological polar surface area (TPSA) is 104 Å². The van der Waals surface area contributed by atoms with Gasteiger partial charge in [-0.05, 0) is 12.8 Å². The van der Waals surface area contributed by atoms with Gasteiger partial charge < -0.3 is 10.2 Å². The highest BCUT2D eigenvalue weighted by atomic mass is 16.2. The Balaban J connectivity index is 1.52. The Kier molecular flexibility index (Phi) is 3.62. The molecule has 8 nitrogen and oxygen atoms in total. The van der Waals surface area contributed by atoms with E-state index in [0.29, 0.717) is 24.8 Å². The maximum Gasteiger partial charge on any atom is 0.225 e. The van der Waals surface area contributed by atoms with Crippen molar-refractivity contribution in [1.29, 1.82) is 0 Å². The van der Waals surface area contributed by atoms with Crippen LogP contribution in [0.5, 0.6) is 0 Å². The number of nitrogens with zero attached hydrogens (tertiary/aromatic N) is 4. The van der Waals surface area contributed by atoms with Crippen molar-refractivity contribution < 1.29 is 9.59 Å². The minimum absolute atomic E-state index is 0.108. The van der Waals surface area contributed by atoms with Gasteiger partial charge in [-0.2, -0.15) is 5.21 Å². The average molecular weight is 278 g/mol. The number of nitrogens with one attached hydrogen (secondary N) is 2. The van der Waals surface area contributed by atoms with Crippen LogP contribution in [0.1, 0.15) is 37.9 Å². The lowest BCUT2D eigenvalue weighted by atomic mass is 10.1. The second-order valence-electron chi connectivity index (χ2n) is 5.43. The highest BCUT2D eigenvalue weighted by Crippen LogP contribution is 2.29. The molecule has 1 aliphatic heterocycles. The number of hydrogen-bond acceptors (Lipinski definition) is 5. The Morgan fingerprint density at radius 3 is 2.90 bits per heavy atom. The molecule has 2 aliphatic rings. The van der Waals surface area contributed by atoms with E-state index in [2.05, 4.69) is 25.9 Å². The maximum atomic E-state index is 12.1. The van der Waals surface area contributed by atoms with E-state index in [4.69, 9.17) is 0 Å². The van der Waals surface area contributed by atoms with Crippen molar-refractivity contribution in [1.82, 2.24) is 30.8 Å². The molecule has 0 radical (unpaired) electrons. The third-order valence-corrected chi connectivity index (χ3v) is 4.10. The van der Waals surface area contributed by atoms with E-state index in [1.165, 1.54) is 12.8 Å². The van der Waals surface area contributed by atoms with Crippen LogP contribution in [0, 0.1) is 5.92 Å². The fourth-order valence-electron chi connectivity index (χ4n) is 3.04. The van der Waals surface area contributed by atoms with E-state index in [0.717, 1.165) is 12.8 Å². The normalized spacial score (nSPS) is 23.5. The lowest BCUT2D eigenvalue weighted by Crippen LogP contribution is -2.36. The number of likely N-dealkylation sites (tertiary alicyclic amines) is 1. The first-order valence-electron chi connectivity index (χ1n) is 7.03. The highest BCUT2D eigenvalue weighted by Gasteiger charge is 2.38. The first kappa shape index (κ1) is 13.0. The minimum Gasteiger partial charge on any atom is -0.348 e. The highest BCUT2D eigenvalue weighted by molar-refractivity contribution is 5.89. The summed E-state index contributed by atoms with van der Waals surface area (Å²) in [6.45, 7) is 0.783. The standard InChI is InChI=1S/C12H18N6O2/c19-11-5-8(7-18(11)9-3-1-2-4-9)12(20)13-6-10-14-16-17-15-10/h8-9H,1-7H2,(H,13,20)(H,14,15,16,17). The van der Waals surface area contributed by atoms with Gasteiger partial charge in [0.1, 0.15) is 0 Å². The van der Waals surface area contributed by atoms with Gasteiger partial charge >= 0.3 is 0 Å². The summed E-state index contributed by atoms with van der Waals surface area (Å²) in [5, 5.41) is 16.0. The summed E-state index contributed by atoms with van der Waals surface area (Å²) < 4.78 is 0.